The van der Waals surface area contributed by atoms with Crippen molar-refractivity contribution in [1.29, 1.82) is 0 Å². The summed E-state index contributed by atoms with van der Waals surface area (Å²) in [6, 6.07) is 10.6. The lowest BCUT2D eigenvalue weighted by atomic mass is 10.0. The van der Waals surface area contributed by atoms with Gasteiger partial charge in [0.25, 0.3) is 5.91 Å². The molecule has 3 rings (SSSR count). The minimum absolute atomic E-state index is 0.158. The lowest BCUT2D eigenvalue weighted by Crippen LogP contribution is -2.15. The molecule has 28 heavy (non-hydrogen) atoms. The smallest absolute Gasteiger partial charge is 0.341 e. The fourth-order valence-electron chi connectivity index (χ4n) is 2.55. The van der Waals surface area contributed by atoms with Crippen LogP contribution in [0.2, 0.25) is 5.02 Å². The number of hydrogen-bond donors (Lipinski definition) is 1. The summed E-state index contributed by atoms with van der Waals surface area (Å²) in [6.07, 6.45) is 0. The molecule has 0 bridgehead atoms. The monoisotopic (exact) mass is 421 g/mol. The van der Waals surface area contributed by atoms with E-state index in [9.17, 15) is 18.4 Å². The summed E-state index contributed by atoms with van der Waals surface area (Å²) >= 11 is 6.98. The molecule has 0 saturated carbocycles. The molecule has 0 saturated heterocycles. The molecule has 8 heteroatoms. The zero-order chi connectivity index (χ0) is 20.3. The van der Waals surface area contributed by atoms with Crippen LogP contribution < -0.4 is 5.32 Å². The molecule has 0 unspecified atom stereocenters. The third kappa shape index (κ3) is 4.05. The van der Waals surface area contributed by atoms with Gasteiger partial charge in [-0.1, -0.05) is 41.9 Å². The second-order valence-corrected chi connectivity index (χ2v) is 6.93. The fourth-order valence-corrected chi connectivity index (χ4v) is 3.74. The van der Waals surface area contributed by atoms with Crippen LogP contribution in [0.3, 0.4) is 0 Å². The molecule has 0 atom stereocenters. The van der Waals surface area contributed by atoms with Crippen LogP contribution in [0.25, 0.3) is 11.1 Å². The van der Waals surface area contributed by atoms with Crippen molar-refractivity contribution in [3.8, 4) is 11.1 Å². The first-order valence-electron chi connectivity index (χ1n) is 8.22. The van der Waals surface area contributed by atoms with Crippen LogP contribution in [0.1, 0.15) is 27.6 Å². The molecule has 144 valence electrons. The molecule has 0 aliphatic carbocycles. The summed E-state index contributed by atoms with van der Waals surface area (Å²) in [4.78, 5) is 25.0. The predicted molar refractivity (Wildman–Crippen MR) is 105 cm³/mol. The standard InChI is InChI=1S/C20H14ClF2NO3S/c1-2-27-20(26)17-13(11-6-4-3-5-7-11)10-28-19(17)24-18(25)12-8-15(22)16(23)9-14(12)21/h3-10H,2H2,1H3,(H,24,25). The zero-order valence-corrected chi connectivity index (χ0v) is 16.2. The topological polar surface area (TPSA) is 55.4 Å². The van der Waals surface area contributed by atoms with E-state index >= 15 is 0 Å². The van der Waals surface area contributed by atoms with E-state index in [0.29, 0.717) is 11.6 Å². The molecule has 1 heterocycles. The molecular weight excluding hydrogens is 408 g/mol. The van der Waals surface area contributed by atoms with Crippen molar-refractivity contribution in [2.75, 3.05) is 11.9 Å². The second kappa shape index (κ2) is 8.50. The number of nitrogens with one attached hydrogen (secondary N) is 1. The highest BCUT2D eigenvalue weighted by atomic mass is 35.5. The van der Waals surface area contributed by atoms with Crippen LogP contribution in [0, 0.1) is 11.6 Å². The van der Waals surface area contributed by atoms with E-state index in [0.717, 1.165) is 23.0 Å². The number of rotatable bonds is 5. The summed E-state index contributed by atoms with van der Waals surface area (Å²) in [7, 11) is 0. The molecule has 0 aliphatic rings. The average molecular weight is 422 g/mol. The first-order valence-corrected chi connectivity index (χ1v) is 9.48. The van der Waals surface area contributed by atoms with Crippen molar-refractivity contribution in [2.45, 2.75) is 6.92 Å². The lowest BCUT2D eigenvalue weighted by Gasteiger charge is -2.10. The maximum Gasteiger partial charge on any atom is 0.341 e. The van der Waals surface area contributed by atoms with Crippen molar-refractivity contribution in [1.82, 2.24) is 0 Å². The fraction of sp³-hybridized carbons (Fsp3) is 0.100. The van der Waals surface area contributed by atoms with Gasteiger partial charge in [-0.2, -0.15) is 0 Å². The van der Waals surface area contributed by atoms with Crippen LogP contribution in [-0.2, 0) is 4.74 Å². The van der Waals surface area contributed by atoms with E-state index in [2.05, 4.69) is 5.32 Å². The maximum atomic E-state index is 13.5. The van der Waals surface area contributed by atoms with Gasteiger partial charge in [0.05, 0.1) is 17.2 Å². The normalized spacial score (nSPS) is 10.6. The summed E-state index contributed by atoms with van der Waals surface area (Å²) < 4.78 is 31.9. The summed E-state index contributed by atoms with van der Waals surface area (Å²) in [5.41, 5.74) is 1.30. The quantitative estimate of drug-likeness (QED) is 0.420. The molecule has 1 amide bonds. The first-order chi connectivity index (χ1) is 13.4. The van der Waals surface area contributed by atoms with E-state index < -0.39 is 23.5 Å². The third-order valence-electron chi connectivity index (χ3n) is 3.84. The molecule has 4 nitrogen and oxygen atoms in total. The molecule has 3 aromatic rings. The molecule has 1 N–H and O–H groups in total. The highest BCUT2D eigenvalue weighted by Gasteiger charge is 2.24. The number of anilines is 1. The number of thiophene rings is 1. The SMILES string of the molecule is CCOC(=O)c1c(-c2ccccc2)csc1NC(=O)c1cc(F)c(F)cc1Cl. The Morgan fingerprint density at radius 3 is 2.50 bits per heavy atom. The molecule has 0 aliphatic heterocycles. The Morgan fingerprint density at radius 2 is 1.82 bits per heavy atom. The first kappa shape index (κ1) is 20.0. The Bertz CT molecular complexity index is 1040. The van der Waals surface area contributed by atoms with E-state index in [-0.39, 0.29) is 27.8 Å². The Kier molecular flexibility index (Phi) is 6.06. The van der Waals surface area contributed by atoms with Crippen LogP contribution in [0.5, 0.6) is 0 Å². The van der Waals surface area contributed by atoms with E-state index in [1.165, 1.54) is 0 Å². The Balaban J connectivity index is 2.00. The van der Waals surface area contributed by atoms with Crippen LogP contribution >= 0.6 is 22.9 Å². The third-order valence-corrected chi connectivity index (χ3v) is 5.05. The molecular formula is C20H14ClF2NO3S. The van der Waals surface area contributed by atoms with Gasteiger partial charge in [-0.15, -0.1) is 11.3 Å². The molecule has 1 aromatic heterocycles. The van der Waals surface area contributed by atoms with Crippen molar-refractivity contribution < 1.29 is 23.1 Å². The molecule has 0 spiro atoms. The van der Waals surface area contributed by atoms with Crippen molar-refractivity contribution in [3.63, 3.8) is 0 Å². The van der Waals surface area contributed by atoms with Crippen molar-refractivity contribution in [3.05, 3.63) is 75.6 Å². The molecule has 0 radical (unpaired) electrons. The van der Waals surface area contributed by atoms with Gasteiger partial charge in [-0.05, 0) is 24.6 Å². The van der Waals surface area contributed by atoms with Gasteiger partial charge in [-0.3, -0.25) is 4.79 Å². The van der Waals surface area contributed by atoms with Crippen LogP contribution in [0.4, 0.5) is 13.8 Å². The lowest BCUT2D eigenvalue weighted by molar-refractivity contribution is 0.0529. The number of carbonyl (C=O) groups is 2. The minimum Gasteiger partial charge on any atom is -0.462 e. The van der Waals surface area contributed by atoms with E-state index in [4.69, 9.17) is 16.3 Å². The van der Waals surface area contributed by atoms with Crippen LogP contribution in [-0.4, -0.2) is 18.5 Å². The van der Waals surface area contributed by atoms with E-state index in [1.54, 1.807) is 12.3 Å². The second-order valence-electron chi connectivity index (χ2n) is 5.64. The van der Waals surface area contributed by atoms with Gasteiger partial charge in [0.1, 0.15) is 10.6 Å². The number of halogens is 3. The van der Waals surface area contributed by atoms with Gasteiger partial charge < -0.3 is 10.1 Å². The Labute approximate surface area is 168 Å². The zero-order valence-electron chi connectivity index (χ0n) is 14.6. The number of amides is 1. The summed E-state index contributed by atoms with van der Waals surface area (Å²) in [5, 5.41) is 4.24. The van der Waals surface area contributed by atoms with Crippen molar-refractivity contribution >= 4 is 39.8 Å². The predicted octanol–water partition coefficient (Wildman–Crippen LogP) is 5.78. The molecule has 0 fully saturated rings. The number of esters is 1. The largest absolute Gasteiger partial charge is 0.462 e. The van der Waals surface area contributed by atoms with Gasteiger partial charge >= 0.3 is 5.97 Å². The minimum atomic E-state index is -1.20. The number of ether oxygens (including phenoxy) is 1. The van der Waals surface area contributed by atoms with Gasteiger partial charge in [0.2, 0.25) is 0 Å². The highest BCUT2D eigenvalue weighted by molar-refractivity contribution is 7.15. The summed E-state index contributed by atoms with van der Waals surface area (Å²) in [6.45, 7) is 1.83. The number of carbonyl (C=O) groups excluding carboxylic acids is 2. The molecule has 2 aromatic carbocycles. The van der Waals surface area contributed by atoms with Crippen LogP contribution in [0.15, 0.2) is 47.8 Å². The number of hydrogen-bond acceptors (Lipinski definition) is 4. The summed E-state index contributed by atoms with van der Waals surface area (Å²) in [5.74, 6) is -3.72. The van der Waals surface area contributed by atoms with Gasteiger partial charge in [-0.25, -0.2) is 13.6 Å². The maximum absolute atomic E-state index is 13.5. The van der Waals surface area contributed by atoms with Crippen molar-refractivity contribution in [2.24, 2.45) is 0 Å². The van der Waals surface area contributed by atoms with Gasteiger partial charge in [0.15, 0.2) is 11.6 Å². The van der Waals surface area contributed by atoms with Gasteiger partial charge in [0, 0.05) is 10.9 Å². The Hall–Kier alpha value is -2.77. The number of benzene rings is 2. The Morgan fingerprint density at radius 1 is 1.14 bits per heavy atom. The highest BCUT2D eigenvalue weighted by Crippen LogP contribution is 2.36. The average Bonchev–Trinajstić information content (AvgIpc) is 3.09. The van der Waals surface area contributed by atoms with E-state index in [1.807, 2.05) is 30.3 Å².